The van der Waals surface area contributed by atoms with Gasteiger partial charge in [0.1, 0.15) is 5.75 Å². The molecule has 1 amide bonds. The van der Waals surface area contributed by atoms with Crippen LogP contribution >= 0.6 is 23.4 Å². The van der Waals surface area contributed by atoms with E-state index in [1.807, 2.05) is 0 Å². The molecule has 1 N–H and O–H groups in total. The fourth-order valence-electron chi connectivity index (χ4n) is 2.10. The highest BCUT2D eigenvalue weighted by atomic mass is 35.5. The first kappa shape index (κ1) is 21.0. The zero-order valence-corrected chi connectivity index (χ0v) is 16.0. The maximum absolute atomic E-state index is 12.3. The van der Waals surface area contributed by atoms with E-state index in [4.69, 9.17) is 21.1 Å². The van der Waals surface area contributed by atoms with Gasteiger partial charge >= 0.3 is 5.97 Å². The predicted octanol–water partition coefficient (Wildman–Crippen LogP) is 4.77. The molecule has 0 aromatic heterocycles. The number of halogens is 3. The monoisotopic (exact) mass is 415 g/mol. The summed E-state index contributed by atoms with van der Waals surface area (Å²) in [4.78, 5) is 24.3. The van der Waals surface area contributed by atoms with Gasteiger partial charge in [0.05, 0.1) is 18.4 Å². The molecule has 2 aromatic rings. The van der Waals surface area contributed by atoms with Crippen molar-refractivity contribution in [2.75, 3.05) is 19.0 Å². The van der Waals surface area contributed by atoms with Gasteiger partial charge in [-0.25, -0.2) is 4.79 Å². The van der Waals surface area contributed by atoms with E-state index in [-0.39, 0.29) is 5.56 Å². The average Bonchev–Trinajstić information content (AvgIpc) is 2.62. The van der Waals surface area contributed by atoms with Crippen LogP contribution in [0.2, 0.25) is 5.02 Å². The quantitative estimate of drug-likeness (QED) is 0.521. The molecule has 0 aliphatic carbocycles. The summed E-state index contributed by atoms with van der Waals surface area (Å²) in [7, 11) is 1.44. The number of alkyl halides is 2. The molecule has 27 heavy (non-hydrogen) atoms. The number of anilines is 1. The molecular weight excluding hydrogens is 400 g/mol. The van der Waals surface area contributed by atoms with Crippen molar-refractivity contribution in [3.63, 3.8) is 0 Å². The van der Waals surface area contributed by atoms with E-state index in [2.05, 4.69) is 5.32 Å². The molecule has 2 aromatic carbocycles. The Morgan fingerprint density at radius 1 is 1.22 bits per heavy atom. The minimum absolute atomic E-state index is 0.154. The highest BCUT2D eigenvalue weighted by molar-refractivity contribution is 7.99. The Bertz CT molecular complexity index is 831. The highest BCUT2D eigenvalue weighted by Gasteiger charge is 2.14. The van der Waals surface area contributed by atoms with Crippen LogP contribution in [0.3, 0.4) is 0 Å². The number of aryl methyl sites for hydroxylation is 1. The molecule has 0 radical (unpaired) electrons. The molecule has 0 unspecified atom stereocenters. The lowest BCUT2D eigenvalue weighted by atomic mass is 10.2. The number of hydrogen-bond donors (Lipinski definition) is 1. The molecule has 0 aliphatic heterocycles. The van der Waals surface area contributed by atoms with Crippen LogP contribution in [0.25, 0.3) is 0 Å². The summed E-state index contributed by atoms with van der Waals surface area (Å²) in [6.45, 7) is 1.25. The maximum atomic E-state index is 12.3. The number of thioether (sulfide) groups is 1. The van der Waals surface area contributed by atoms with Crippen molar-refractivity contribution in [1.82, 2.24) is 0 Å². The smallest absolute Gasteiger partial charge is 0.338 e. The molecule has 0 spiro atoms. The summed E-state index contributed by atoms with van der Waals surface area (Å²) in [5.41, 5.74) is 1.29. The van der Waals surface area contributed by atoms with Crippen molar-refractivity contribution in [1.29, 1.82) is 0 Å². The first-order valence-electron chi connectivity index (χ1n) is 7.66. The van der Waals surface area contributed by atoms with Crippen molar-refractivity contribution in [3.05, 3.63) is 52.5 Å². The lowest BCUT2D eigenvalue weighted by Gasteiger charge is -2.12. The Morgan fingerprint density at radius 3 is 2.48 bits per heavy atom. The lowest BCUT2D eigenvalue weighted by molar-refractivity contribution is -0.119. The van der Waals surface area contributed by atoms with Gasteiger partial charge in [-0.05, 0) is 42.8 Å². The first-order chi connectivity index (χ1) is 12.8. The number of carbonyl (C=O) groups is 2. The van der Waals surface area contributed by atoms with Gasteiger partial charge in [-0.2, -0.15) is 8.78 Å². The molecule has 2 rings (SSSR count). The summed E-state index contributed by atoms with van der Waals surface area (Å²) in [6, 6.07) is 8.69. The number of methoxy groups -OCH3 is 1. The largest absolute Gasteiger partial charge is 0.495 e. The second kappa shape index (κ2) is 9.57. The lowest BCUT2D eigenvalue weighted by Crippen LogP contribution is -2.21. The molecule has 144 valence electrons. The van der Waals surface area contributed by atoms with Crippen molar-refractivity contribution in [2.24, 2.45) is 0 Å². The molecule has 0 saturated heterocycles. The Labute approximate surface area is 164 Å². The molecule has 0 bridgehead atoms. The Balaban J connectivity index is 1.93. The maximum Gasteiger partial charge on any atom is 0.338 e. The summed E-state index contributed by atoms with van der Waals surface area (Å²) in [5.74, 6) is -3.47. The number of ether oxygens (including phenoxy) is 2. The fraction of sp³-hybridized carbons (Fsp3) is 0.222. The van der Waals surface area contributed by atoms with Crippen molar-refractivity contribution < 1.29 is 27.8 Å². The summed E-state index contributed by atoms with van der Waals surface area (Å²) < 4.78 is 34.7. The van der Waals surface area contributed by atoms with Crippen molar-refractivity contribution >= 4 is 40.9 Å². The van der Waals surface area contributed by atoms with E-state index in [9.17, 15) is 18.4 Å². The standard InChI is InChI=1S/C18H16ClF2NO4S/c1-10-7-14(15(25-2)8-13(10)19)22-16(23)9-26-17(24)11-3-5-12(6-4-11)27-18(20)21/h3-8,18H,9H2,1-2H3,(H,22,23). The van der Waals surface area contributed by atoms with E-state index in [0.29, 0.717) is 33.1 Å². The van der Waals surface area contributed by atoms with Crippen LogP contribution in [0, 0.1) is 6.92 Å². The van der Waals surface area contributed by atoms with Crippen LogP contribution in [0.1, 0.15) is 15.9 Å². The van der Waals surface area contributed by atoms with E-state index in [1.165, 1.54) is 31.4 Å². The molecule has 0 aliphatic rings. The van der Waals surface area contributed by atoms with Crippen molar-refractivity contribution in [3.8, 4) is 5.75 Å². The number of carbonyl (C=O) groups excluding carboxylic acids is 2. The number of esters is 1. The van der Waals surface area contributed by atoms with Gasteiger partial charge in [0.25, 0.3) is 11.7 Å². The normalized spacial score (nSPS) is 10.6. The molecule has 5 nitrogen and oxygen atoms in total. The van der Waals surface area contributed by atoms with E-state index in [0.717, 1.165) is 5.56 Å². The Kier molecular flexibility index (Phi) is 7.44. The number of benzene rings is 2. The Hall–Kier alpha value is -2.32. The number of nitrogens with one attached hydrogen (secondary N) is 1. The second-order valence-electron chi connectivity index (χ2n) is 5.33. The number of amides is 1. The Morgan fingerprint density at radius 2 is 1.89 bits per heavy atom. The number of rotatable bonds is 7. The molecule has 0 saturated carbocycles. The van der Waals surface area contributed by atoms with E-state index >= 15 is 0 Å². The van der Waals surface area contributed by atoms with Gasteiger partial charge in [-0.15, -0.1) is 0 Å². The van der Waals surface area contributed by atoms with Crippen LogP contribution in [-0.2, 0) is 9.53 Å². The molecule has 0 fully saturated rings. The topological polar surface area (TPSA) is 64.6 Å². The SMILES string of the molecule is COc1cc(Cl)c(C)cc1NC(=O)COC(=O)c1ccc(SC(F)F)cc1. The molecule has 0 heterocycles. The van der Waals surface area contributed by atoms with E-state index in [1.54, 1.807) is 19.1 Å². The van der Waals surface area contributed by atoms with E-state index < -0.39 is 24.2 Å². The van der Waals surface area contributed by atoms with Gasteiger partial charge in [-0.1, -0.05) is 23.4 Å². The van der Waals surface area contributed by atoms with Crippen LogP contribution in [0.4, 0.5) is 14.5 Å². The van der Waals surface area contributed by atoms with Crippen LogP contribution in [0.15, 0.2) is 41.3 Å². The van der Waals surface area contributed by atoms with Gasteiger partial charge in [0.15, 0.2) is 6.61 Å². The van der Waals surface area contributed by atoms with Crippen LogP contribution in [-0.4, -0.2) is 31.4 Å². The average molecular weight is 416 g/mol. The molecule has 9 heteroatoms. The van der Waals surface area contributed by atoms with Crippen molar-refractivity contribution in [2.45, 2.75) is 17.6 Å². The van der Waals surface area contributed by atoms with Gasteiger partial charge in [-0.3, -0.25) is 4.79 Å². The zero-order valence-electron chi connectivity index (χ0n) is 14.4. The third-order valence-corrected chi connectivity index (χ3v) is 4.53. The second-order valence-corrected chi connectivity index (χ2v) is 6.80. The van der Waals surface area contributed by atoms with Crippen LogP contribution < -0.4 is 10.1 Å². The van der Waals surface area contributed by atoms with Crippen LogP contribution in [0.5, 0.6) is 5.75 Å². The first-order valence-corrected chi connectivity index (χ1v) is 8.92. The summed E-state index contributed by atoms with van der Waals surface area (Å²) in [6.07, 6.45) is 0. The molecule has 0 atom stereocenters. The minimum Gasteiger partial charge on any atom is -0.495 e. The van der Waals surface area contributed by atoms with Gasteiger partial charge in [0.2, 0.25) is 0 Å². The summed E-state index contributed by atoms with van der Waals surface area (Å²) in [5, 5.41) is 3.07. The summed E-state index contributed by atoms with van der Waals surface area (Å²) >= 11 is 6.38. The molecular formula is C18H16ClF2NO4S. The third-order valence-electron chi connectivity index (χ3n) is 3.40. The van der Waals surface area contributed by atoms with Gasteiger partial charge in [0, 0.05) is 16.0 Å². The van der Waals surface area contributed by atoms with Gasteiger partial charge < -0.3 is 14.8 Å². The zero-order chi connectivity index (χ0) is 20.0. The fourth-order valence-corrected chi connectivity index (χ4v) is 2.76. The highest BCUT2D eigenvalue weighted by Crippen LogP contribution is 2.31. The minimum atomic E-state index is -2.54. The number of hydrogen-bond acceptors (Lipinski definition) is 5. The third kappa shape index (κ3) is 6.11. The predicted molar refractivity (Wildman–Crippen MR) is 100.0 cm³/mol.